The Morgan fingerprint density at radius 2 is 1.53 bits per heavy atom. The molecule has 0 amide bonds. The predicted octanol–water partition coefficient (Wildman–Crippen LogP) is -0.987. The molecule has 0 bridgehead atoms. The quantitative estimate of drug-likeness (QED) is 0.482. The SMILES string of the molecule is Nc1cc(-c2ccccc2)ccc1[O-].[Na+]. The minimum atomic E-state index is -0.121. The molecule has 0 aliphatic carbocycles. The van der Waals surface area contributed by atoms with Gasteiger partial charge in [-0.1, -0.05) is 48.2 Å². The van der Waals surface area contributed by atoms with Gasteiger partial charge in [-0.25, -0.2) is 0 Å². The van der Waals surface area contributed by atoms with Crippen molar-refractivity contribution in [3.05, 3.63) is 48.5 Å². The summed E-state index contributed by atoms with van der Waals surface area (Å²) in [5.74, 6) is -0.121. The monoisotopic (exact) mass is 207 g/mol. The molecule has 0 saturated carbocycles. The van der Waals surface area contributed by atoms with E-state index in [9.17, 15) is 5.11 Å². The average molecular weight is 207 g/mol. The summed E-state index contributed by atoms with van der Waals surface area (Å²) in [5, 5.41) is 11.1. The van der Waals surface area contributed by atoms with Gasteiger partial charge in [0.1, 0.15) is 0 Å². The first kappa shape index (κ1) is 12.1. The van der Waals surface area contributed by atoms with Crippen LogP contribution in [0.5, 0.6) is 5.75 Å². The molecule has 0 radical (unpaired) electrons. The zero-order valence-electron chi connectivity index (χ0n) is 8.60. The Morgan fingerprint density at radius 1 is 0.867 bits per heavy atom. The van der Waals surface area contributed by atoms with Gasteiger partial charge in [0.25, 0.3) is 0 Å². The number of anilines is 1. The summed E-state index contributed by atoms with van der Waals surface area (Å²) in [4.78, 5) is 0. The maximum absolute atomic E-state index is 11.1. The zero-order chi connectivity index (χ0) is 9.97. The fourth-order valence-corrected chi connectivity index (χ4v) is 1.36. The molecule has 2 rings (SSSR count). The van der Waals surface area contributed by atoms with Crippen LogP contribution in [0.25, 0.3) is 11.1 Å². The summed E-state index contributed by atoms with van der Waals surface area (Å²) in [5.41, 5.74) is 7.89. The number of hydrogen-bond acceptors (Lipinski definition) is 2. The van der Waals surface area contributed by atoms with Gasteiger partial charge in [-0.05, 0) is 17.2 Å². The Morgan fingerprint density at radius 3 is 2.13 bits per heavy atom. The first-order valence-electron chi connectivity index (χ1n) is 4.39. The maximum Gasteiger partial charge on any atom is 1.00 e. The zero-order valence-corrected chi connectivity index (χ0v) is 10.6. The topological polar surface area (TPSA) is 49.1 Å². The van der Waals surface area contributed by atoms with Crippen LogP contribution in [-0.4, -0.2) is 0 Å². The fourth-order valence-electron chi connectivity index (χ4n) is 1.36. The van der Waals surface area contributed by atoms with Gasteiger partial charge < -0.3 is 10.8 Å². The van der Waals surface area contributed by atoms with Crippen molar-refractivity contribution in [1.29, 1.82) is 0 Å². The van der Waals surface area contributed by atoms with Crippen LogP contribution in [0.15, 0.2) is 48.5 Å². The van der Waals surface area contributed by atoms with Crippen LogP contribution in [0.4, 0.5) is 5.69 Å². The molecule has 15 heavy (non-hydrogen) atoms. The maximum atomic E-state index is 11.1. The second kappa shape index (κ2) is 5.21. The van der Waals surface area contributed by atoms with Gasteiger partial charge in [0.15, 0.2) is 0 Å². The third-order valence-corrected chi connectivity index (χ3v) is 2.12. The molecule has 0 aromatic heterocycles. The molecular formula is C12H10NNaO. The largest absolute Gasteiger partial charge is 1.00 e. The van der Waals surface area contributed by atoms with E-state index >= 15 is 0 Å². The van der Waals surface area contributed by atoms with Crippen molar-refractivity contribution in [3.8, 4) is 16.9 Å². The average Bonchev–Trinajstić information content (AvgIpc) is 2.23. The first-order valence-corrected chi connectivity index (χ1v) is 4.39. The molecule has 2 nitrogen and oxygen atoms in total. The summed E-state index contributed by atoms with van der Waals surface area (Å²) < 4.78 is 0. The van der Waals surface area contributed by atoms with E-state index in [2.05, 4.69) is 0 Å². The van der Waals surface area contributed by atoms with E-state index in [0.717, 1.165) is 11.1 Å². The van der Waals surface area contributed by atoms with Gasteiger partial charge >= 0.3 is 29.6 Å². The van der Waals surface area contributed by atoms with Crippen LogP contribution in [-0.2, 0) is 0 Å². The second-order valence-electron chi connectivity index (χ2n) is 3.12. The fraction of sp³-hybridized carbons (Fsp3) is 0. The van der Waals surface area contributed by atoms with Gasteiger partial charge in [0.2, 0.25) is 0 Å². The molecule has 3 heteroatoms. The van der Waals surface area contributed by atoms with E-state index in [4.69, 9.17) is 5.73 Å². The summed E-state index contributed by atoms with van der Waals surface area (Å²) in [6, 6.07) is 14.8. The smallest absolute Gasteiger partial charge is 0.871 e. The molecule has 2 N–H and O–H groups in total. The van der Waals surface area contributed by atoms with Crippen molar-refractivity contribution in [2.45, 2.75) is 0 Å². The summed E-state index contributed by atoms with van der Waals surface area (Å²) in [7, 11) is 0. The van der Waals surface area contributed by atoms with Crippen LogP contribution >= 0.6 is 0 Å². The Balaban J connectivity index is 0.00000112. The van der Waals surface area contributed by atoms with Gasteiger partial charge in [-0.15, -0.1) is 0 Å². The number of rotatable bonds is 1. The minimum absolute atomic E-state index is 0. The van der Waals surface area contributed by atoms with Gasteiger partial charge in [0.05, 0.1) is 0 Å². The molecule has 0 atom stereocenters. The number of benzene rings is 2. The third-order valence-electron chi connectivity index (χ3n) is 2.12. The third kappa shape index (κ3) is 2.75. The van der Waals surface area contributed by atoms with Gasteiger partial charge in [-0.2, -0.15) is 0 Å². The number of hydrogen-bond donors (Lipinski definition) is 1. The van der Waals surface area contributed by atoms with Crippen molar-refractivity contribution < 1.29 is 34.7 Å². The first-order chi connectivity index (χ1) is 6.77. The van der Waals surface area contributed by atoms with Crippen LogP contribution in [0.3, 0.4) is 0 Å². The van der Waals surface area contributed by atoms with Crippen molar-refractivity contribution in [3.63, 3.8) is 0 Å². The Kier molecular flexibility index (Phi) is 4.21. The Bertz CT molecular complexity index is 443. The van der Waals surface area contributed by atoms with Crippen LogP contribution in [0.2, 0.25) is 0 Å². The minimum Gasteiger partial charge on any atom is -0.871 e. The summed E-state index contributed by atoms with van der Waals surface area (Å²) in [6.07, 6.45) is 0. The molecule has 0 unspecified atom stereocenters. The van der Waals surface area contributed by atoms with Crippen molar-refractivity contribution in [1.82, 2.24) is 0 Å². The summed E-state index contributed by atoms with van der Waals surface area (Å²) >= 11 is 0. The van der Waals surface area contributed by atoms with Gasteiger partial charge in [-0.3, -0.25) is 0 Å². The standard InChI is InChI=1S/C12H11NO.Na/c13-11-8-10(6-7-12(11)14)9-4-2-1-3-5-9;/h1-8,14H,13H2;/q;+1/p-1. The van der Waals surface area contributed by atoms with E-state index < -0.39 is 0 Å². The molecule has 70 valence electrons. The van der Waals surface area contributed by atoms with Crippen molar-refractivity contribution >= 4 is 5.69 Å². The predicted molar refractivity (Wildman–Crippen MR) is 55.7 cm³/mol. The Hall–Kier alpha value is -0.960. The van der Waals surface area contributed by atoms with E-state index in [1.807, 2.05) is 30.3 Å². The molecule has 0 heterocycles. The van der Waals surface area contributed by atoms with Crippen LogP contribution in [0.1, 0.15) is 0 Å². The van der Waals surface area contributed by atoms with Crippen LogP contribution in [0, 0.1) is 0 Å². The molecule has 0 saturated heterocycles. The number of nitrogens with two attached hydrogens (primary N) is 1. The Labute approximate surface area is 111 Å². The number of nitrogen functional groups attached to an aromatic ring is 1. The molecule has 0 fully saturated rings. The summed E-state index contributed by atoms with van der Waals surface area (Å²) in [6.45, 7) is 0. The normalized spacial score (nSPS) is 9.33. The van der Waals surface area contributed by atoms with E-state index in [0.29, 0.717) is 5.69 Å². The molecule has 2 aromatic carbocycles. The van der Waals surface area contributed by atoms with Gasteiger partial charge in [0, 0.05) is 5.69 Å². The molecule has 2 aromatic rings. The van der Waals surface area contributed by atoms with E-state index in [-0.39, 0.29) is 35.3 Å². The van der Waals surface area contributed by atoms with E-state index in [1.54, 1.807) is 12.1 Å². The molecule has 0 aliphatic rings. The van der Waals surface area contributed by atoms with Crippen molar-refractivity contribution in [2.24, 2.45) is 0 Å². The molecule has 0 aliphatic heterocycles. The molecular weight excluding hydrogens is 197 g/mol. The van der Waals surface area contributed by atoms with Crippen LogP contribution < -0.4 is 40.4 Å². The molecule has 0 spiro atoms. The second-order valence-corrected chi connectivity index (χ2v) is 3.12. The van der Waals surface area contributed by atoms with E-state index in [1.165, 1.54) is 6.07 Å². The van der Waals surface area contributed by atoms with Crippen molar-refractivity contribution in [2.75, 3.05) is 5.73 Å².